The van der Waals surface area contributed by atoms with Gasteiger partial charge in [0.1, 0.15) is 0 Å². The van der Waals surface area contributed by atoms with E-state index in [9.17, 15) is 0 Å². The number of fused-ring (bicyclic) bond motifs is 10. The first-order chi connectivity index (χ1) is 26.8. The van der Waals surface area contributed by atoms with Crippen molar-refractivity contribution in [1.29, 1.82) is 0 Å². The predicted octanol–water partition coefficient (Wildman–Crippen LogP) is 10.5. The maximum Gasteiger partial charge on any atom is 0.0979 e. The minimum Gasteiger partial charge on any atom is -0.334 e. The Labute approximate surface area is 313 Å². The van der Waals surface area contributed by atoms with Crippen molar-refractivity contribution in [3.05, 3.63) is 179 Å². The maximum atomic E-state index is 5.29. The number of nitrogens with zero attached hydrogens (tertiary/aromatic N) is 4. The summed E-state index contributed by atoms with van der Waals surface area (Å²) in [5, 5.41) is 8.53. The van der Waals surface area contributed by atoms with Crippen molar-refractivity contribution < 1.29 is 0 Å². The first-order valence-corrected chi connectivity index (χ1v) is 18.9. The van der Waals surface area contributed by atoms with E-state index >= 15 is 0 Å². The zero-order valence-corrected chi connectivity index (χ0v) is 29.7. The van der Waals surface area contributed by atoms with E-state index in [1.165, 1.54) is 49.1 Å². The van der Waals surface area contributed by atoms with Crippen LogP contribution in [0, 0.1) is 0 Å². The number of anilines is 2. The van der Waals surface area contributed by atoms with Crippen LogP contribution in [0.5, 0.6) is 0 Å². The second-order valence-corrected chi connectivity index (χ2v) is 14.5. The van der Waals surface area contributed by atoms with Gasteiger partial charge in [-0.15, -0.1) is 5.73 Å². The van der Waals surface area contributed by atoms with Gasteiger partial charge in [0, 0.05) is 54.7 Å². The molecule has 54 heavy (non-hydrogen) atoms. The largest absolute Gasteiger partial charge is 0.334 e. The second kappa shape index (κ2) is 12.4. The third-order valence-corrected chi connectivity index (χ3v) is 11.5. The highest BCUT2D eigenvalue weighted by Crippen LogP contribution is 2.39. The molecule has 2 unspecified atom stereocenters. The summed E-state index contributed by atoms with van der Waals surface area (Å²) < 4.78 is 2.47. The van der Waals surface area contributed by atoms with Crippen LogP contribution in [0.2, 0.25) is 0 Å². The van der Waals surface area contributed by atoms with E-state index in [1.807, 2.05) is 12.3 Å². The molecule has 0 saturated carbocycles. The molecule has 3 aliphatic rings. The molecule has 3 aliphatic carbocycles. The van der Waals surface area contributed by atoms with Gasteiger partial charge < -0.3 is 9.47 Å². The first-order valence-electron chi connectivity index (χ1n) is 18.9. The molecule has 2 atom stereocenters. The van der Waals surface area contributed by atoms with Crippen LogP contribution in [0.3, 0.4) is 0 Å². The Morgan fingerprint density at radius 1 is 0.741 bits per heavy atom. The highest BCUT2D eigenvalue weighted by atomic mass is 15.2. The average molecular weight is 693 g/mol. The Kier molecular flexibility index (Phi) is 7.11. The van der Waals surface area contributed by atoms with Crippen LogP contribution in [0.4, 0.5) is 11.4 Å². The number of benzene rings is 6. The zero-order chi connectivity index (χ0) is 35.6. The van der Waals surface area contributed by atoms with E-state index in [1.54, 1.807) is 0 Å². The maximum absolute atomic E-state index is 5.29. The van der Waals surface area contributed by atoms with E-state index in [0.29, 0.717) is 0 Å². The molecule has 0 fully saturated rings. The van der Waals surface area contributed by atoms with Crippen molar-refractivity contribution in [2.24, 2.45) is 0 Å². The first kappa shape index (κ1) is 30.8. The molecule has 0 bridgehead atoms. The highest BCUT2D eigenvalue weighted by molar-refractivity contribution is 6.23. The molecule has 6 aromatic carbocycles. The summed E-state index contributed by atoms with van der Waals surface area (Å²) in [5.74, 6) is 0. The summed E-state index contributed by atoms with van der Waals surface area (Å²) in [7, 11) is 0. The molecule has 0 saturated heterocycles. The summed E-state index contributed by atoms with van der Waals surface area (Å²) in [6, 6.07) is 41.9. The lowest BCUT2D eigenvalue weighted by Crippen LogP contribution is -2.40. The van der Waals surface area contributed by atoms with Crippen molar-refractivity contribution in [3.63, 3.8) is 0 Å². The van der Waals surface area contributed by atoms with Gasteiger partial charge in [-0.3, -0.25) is 4.98 Å². The fourth-order valence-electron chi connectivity index (χ4n) is 9.01. The molecule has 8 aromatic rings. The monoisotopic (exact) mass is 692 g/mol. The Hall–Kier alpha value is -6.74. The van der Waals surface area contributed by atoms with Gasteiger partial charge in [0.05, 0.1) is 35.0 Å². The lowest BCUT2D eigenvalue weighted by Gasteiger charge is -2.35. The Balaban J connectivity index is 1.05. The van der Waals surface area contributed by atoms with Crippen LogP contribution < -0.4 is 15.5 Å². The number of allylic oxidation sites excluding steroid dienone is 4. The number of aromatic nitrogens is 3. The van der Waals surface area contributed by atoms with E-state index in [-0.39, 0.29) is 12.1 Å². The Morgan fingerprint density at radius 3 is 2.30 bits per heavy atom. The summed E-state index contributed by atoms with van der Waals surface area (Å²) in [6.45, 7) is 0. The normalized spacial score (nSPS) is 17.1. The molecule has 0 N–H and O–H groups in total. The lowest BCUT2D eigenvalue weighted by molar-refractivity contribution is 0.719. The summed E-state index contributed by atoms with van der Waals surface area (Å²) in [4.78, 5) is 12.9. The Morgan fingerprint density at radius 2 is 1.50 bits per heavy atom. The van der Waals surface area contributed by atoms with Gasteiger partial charge in [-0.1, -0.05) is 127 Å². The minimum atomic E-state index is 0.113. The Bertz CT molecular complexity index is 3050. The molecular weight excluding hydrogens is 657 g/mol. The number of rotatable bonds is 5. The number of hydrogen-bond donors (Lipinski definition) is 0. The van der Waals surface area contributed by atoms with Crippen molar-refractivity contribution >= 4 is 73.1 Å². The fraction of sp³-hybridized carbons (Fsp3) is 0.100. The van der Waals surface area contributed by atoms with Crippen LogP contribution >= 0.6 is 0 Å². The molecule has 4 heteroatoms. The molecule has 256 valence electrons. The van der Waals surface area contributed by atoms with Gasteiger partial charge in [0.15, 0.2) is 0 Å². The smallest absolute Gasteiger partial charge is 0.0979 e. The third kappa shape index (κ3) is 4.85. The van der Waals surface area contributed by atoms with Crippen LogP contribution in [-0.2, 0) is 6.42 Å². The molecule has 2 aromatic heterocycles. The fourth-order valence-corrected chi connectivity index (χ4v) is 9.01. The summed E-state index contributed by atoms with van der Waals surface area (Å²) >= 11 is 0. The van der Waals surface area contributed by atoms with Gasteiger partial charge in [-0.2, -0.15) is 0 Å². The number of hydrogen-bond acceptors (Lipinski definition) is 3. The quantitative estimate of drug-likeness (QED) is 0.133. The molecule has 0 aliphatic heterocycles. The topological polar surface area (TPSA) is 34.0 Å². The molecule has 0 amide bonds. The van der Waals surface area contributed by atoms with E-state index in [2.05, 4.69) is 173 Å². The van der Waals surface area contributed by atoms with E-state index in [4.69, 9.17) is 9.97 Å². The van der Waals surface area contributed by atoms with Crippen LogP contribution in [-0.4, -0.2) is 20.6 Å². The molecule has 4 nitrogen and oxygen atoms in total. The minimum absolute atomic E-state index is 0.113. The standard InChI is InChI=1S/C50H36N4/c1-2-15-35(16-3-1)54-47-23-11-10-20-41(47)44-31-37(29-30-48(44)54)53(46-24-12-14-33-13-4-5-17-38(33)46)36-27-25-34(26-28-36)45-32-51-49-42-21-8-6-18-39(42)40-19-7-9-22-43(40)50(49)52-45/h1-2,5-12,14-28,30-32,35,37H,4,13,29H2. The van der Waals surface area contributed by atoms with Gasteiger partial charge >= 0.3 is 0 Å². The average Bonchev–Trinajstić information content (AvgIpc) is 3.58. The van der Waals surface area contributed by atoms with Crippen LogP contribution in [0.25, 0.3) is 73.0 Å². The molecule has 0 radical (unpaired) electrons. The molecule has 0 spiro atoms. The van der Waals surface area contributed by atoms with Crippen LogP contribution in [0.15, 0.2) is 158 Å². The molecular formula is C50H36N4. The molecule has 11 rings (SSSR count). The van der Waals surface area contributed by atoms with Gasteiger partial charge in [-0.25, -0.2) is 4.98 Å². The van der Waals surface area contributed by atoms with E-state index in [0.717, 1.165) is 58.0 Å². The van der Waals surface area contributed by atoms with Crippen molar-refractivity contribution in [2.75, 3.05) is 4.90 Å². The summed E-state index contributed by atoms with van der Waals surface area (Å²) in [6.07, 6.45) is 23.1. The van der Waals surface area contributed by atoms with Gasteiger partial charge in [0.25, 0.3) is 0 Å². The van der Waals surface area contributed by atoms with Gasteiger partial charge in [-0.05, 0) is 72.0 Å². The lowest BCUT2D eigenvalue weighted by atomic mass is 9.93. The van der Waals surface area contributed by atoms with Crippen molar-refractivity contribution in [3.8, 4) is 11.3 Å². The summed E-state index contributed by atoms with van der Waals surface area (Å²) in [5.41, 5.74) is 13.5. The second-order valence-electron chi connectivity index (χ2n) is 14.5. The molecule has 2 heterocycles. The number of para-hydroxylation sites is 1. The van der Waals surface area contributed by atoms with Crippen LogP contribution in [0.1, 0.15) is 30.0 Å². The zero-order valence-electron chi connectivity index (χ0n) is 29.7. The highest BCUT2D eigenvalue weighted by Gasteiger charge is 2.26. The van der Waals surface area contributed by atoms with Gasteiger partial charge in [0.2, 0.25) is 0 Å². The predicted molar refractivity (Wildman–Crippen MR) is 225 cm³/mol. The third-order valence-electron chi connectivity index (χ3n) is 11.5. The van der Waals surface area contributed by atoms with Crippen molar-refractivity contribution in [1.82, 2.24) is 14.5 Å². The van der Waals surface area contributed by atoms with Crippen molar-refractivity contribution in [2.45, 2.75) is 31.3 Å². The number of aryl methyl sites for hydroxylation is 1. The van der Waals surface area contributed by atoms with E-state index < -0.39 is 0 Å². The SMILES string of the molecule is C1=CC=CC(n2c3c(c4ccccc42)=CC(N(c2ccc(-c4cnc5c6ccccc6c6ccccc6c5n4)cc2)c2cccc4c2C=CCC4)CC=3)C=1.